The van der Waals surface area contributed by atoms with Crippen LogP contribution in [-0.2, 0) is 67.1 Å². The summed E-state index contributed by atoms with van der Waals surface area (Å²) >= 11 is 0. The van der Waals surface area contributed by atoms with Crippen molar-refractivity contribution in [1.29, 1.82) is 0 Å². The van der Waals surface area contributed by atoms with Crippen LogP contribution in [0.2, 0.25) is 0 Å². The zero-order valence-corrected chi connectivity index (χ0v) is 76.4. The fourth-order valence-corrected chi connectivity index (χ4v) is 13.9. The number of nitrogens with two attached hydrogens (primary N) is 7. The molecule has 37 nitrogen and oxygen atoms in total. The smallest absolute Gasteiger partial charge is 0.405 e. The monoisotopic (exact) mass is 1730 g/mol. The first-order valence-electron chi connectivity index (χ1n) is 44.8. The minimum absolute atomic E-state index is 0.00909. The number of carboxylic acid groups (broad SMARTS) is 1. The summed E-state index contributed by atoms with van der Waals surface area (Å²) in [5, 5.41) is 48.1. The van der Waals surface area contributed by atoms with Crippen LogP contribution >= 0.6 is 0 Å². The summed E-state index contributed by atoms with van der Waals surface area (Å²) in [7, 11) is 0. The normalized spacial score (nSPS) is 15.1. The third-order valence-electron chi connectivity index (χ3n) is 20.2. The van der Waals surface area contributed by atoms with E-state index in [1.54, 1.807) is 0 Å². The van der Waals surface area contributed by atoms with Gasteiger partial charge in [0.1, 0.15) is 84.6 Å². The van der Waals surface area contributed by atoms with Gasteiger partial charge >= 0.3 is 6.09 Å². The van der Waals surface area contributed by atoms with E-state index >= 15 is 0 Å². The predicted molar refractivity (Wildman–Crippen MR) is 472 cm³/mol. The van der Waals surface area contributed by atoms with E-state index in [0.717, 1.165) is 0 Å². The molecule has 0 aliphatic rings. The van der Waals surface area contributed by atoms with Gasteiger partial charge in [-0.1, -0.05) is 111 Å². The average molecular weight is 1740 g/mol. The zero-order valence-electron chi connectivity index (χ0n) is 76.4. The second-order valence-corrected chi connectivity index (χ2v) is 35.9. The van der Waals surface area contributed by atoms with Crippen molar-refractivity contribution in [3.05, 3.63) is 0 Å². The maximum absolute atomic E-state index is 14.9. The zero-order chi connectivity index (χ0) is 92.9. The molecule has 0 spiro atoms. The van der Waals surface area contributed by atoms with Crippen molar-refractivity contribution >= 4 is 88.8 Å². The molecule has 704 valence electrons. The Bertz CT molecular complexity index is 3160. The molecule has 0 aromatic heterocycles. The highest BCUT2D eigenvalue weighted by Crippen LogP contribution is 2.19. The predicted octanol–water partition coefficient (Wildman–Crippen LogP) is 1.55. The molecule has 0 aromatic carbocycles. The molecule has 0 aliphatic heterocycles. The highest BCUT2D eigenvalue weighted by molar-refractivity contribution is 6.00. The number of hydrogen-bond acceptors (Lipinski definition) is 21. The second-order valence-electron chi connectivity index (χ2n) is 35.9. The highest BCUT2D eigenvalue weighted by Gasteiger charge is 2.39. The van der Waals surface area contributed by atoms with Crippen LogP contribution in [0.1, 0.15) is 278 Å². The molecule has 0 aromatic rings. The largest absolute Gasteiger partial charge is 0.465 e. The van der Waals surface area contributed by atoms with Crippen molar-refractivity contribution in [2.75, 3.05) is 39.3 Å². The van der Waals surface area contributed by atoms with Gasteiger partial charge in [-0.2, -0.15) is 0 Å². The summed E-state index contributed by atoms with van der Waals surface area (Å²) in [5.74, 6) is -11.8. The number of nitrogens with one attached hydrogen (secondary N) is 14. The molecular formula is C85H163N21O16. The summed E-state index contributed by atoms with van der Waals surface area (Å²) in [6.45, 7) is 30.8. The van der Waals surface area contributed by atoms with E-state index in [-0.39, 0.29) is 163 Å². The van der Waals surface area contributed by atoms with E-state index in [1.165, 1.54) is 0 Å². The topological polar surface area (TPSA) is 627 Å². The molecule has 0 heterocycles. The Balaban J connectivity index is 7.41. The van der Waals surface area contributed by atoms with Gasteiger partial charge in [0.2, 0.25) is 82.7 Å². The van der Waals surface area contributed by atoms with Crippen LogP contribution in [0.4, 0.5) is 4.79 Å². The van der Waals surface area contributed by atoms with Gasteiger partial charge in [-0.15, -0.1) is 0 Å². The van der Waals surface area contributed by atoms with Crippen LogP contribution in [0.5, 0.6) is 0 Å². The standard InChI is InChI=1S/C85H163N21O16/c1-49(2)41-63(71(92)107)99-74(110)59(31-19-25-37-88)93-72(108)57(29-17-23-35-86)95-78(114)64(42-50(3)4)103-82(118)68(46-54(11)12)101-76(112)61(33-21-27-39-90)97-80(116)66(44-52(7)8)105-81(117)67(45-53(9)10)100-75(111)60(32-20-26-38-89)94-73(109)58(30-18-24-36-87)96-79(115)65(43-51(5)6)104-83(119)69(47-55(13)14)102-77(113)62(34-22-28-40-91)98-84(120)70(48-56(15)16)106-85(121)122/h49-70,106H,17-48,86-91H2,1-16H3,(H2,92,107)(H,93,108)(H,94,109)(H,95,114)(H,96,115)(H,97,116)(H,98,120)(H,99,110)(H,100,111)(H,101,112)(H,102,113)(H,103,118)(H,104,119)(H,105,117)(H,121,122)/t57-,58-,59-,60-,61-,62-,63-,64-,65-,66-,67-,68-,69-,70-/m0/s1. The SMILES string of the molecule is CC(C)C[C@H](NC(=O)[C@H](CCCCN)NC(=O)[C@H](CCCCN)NC(=O)[C@H](CC(C)C)NC(=O)[C@H](CC(C)C)NC(=O)[C@H](CCCCN)NC(=O)[C@H](CC(C)C)NC(=O)[C@H](CC(C)C)NC(=O)[C@H](CCCCN)NC(=O)[C@H](CCCCN)NC(=O)[C@H](CC(C)C)NC(=O)[C@H](CC(C)C)NC(=O)[C@H](CCCCN)NC(=O)[C@H](CC(C)C)NC(=O)O)C(N)=O. The van der Waals surface area contributed by atoms with Gasteiger partial charge in [-0.05, 0) is 254 Å². The van der Waals surface area contributed by atoms with Crippen LogP contribution in [-0.4, -0.2) is 218 Å². The molecule has 0 saturated heterocycles. The Morgan fingerprint density at radius 2 is 0.303 bits per heavy atom. The fraction of sp³-hybridized carbons (Fsp3) is 0.824. The Hall–Kier alpha value is -8.39. The highest BCUT2D eigenvalue weighted by atomic mass is 16.4. The minimum Gasteiger partial charge on any atom is -0.465 e. The summed E-state index contributed by atoms with van der Waals surface area (Å²) in [6.07, 6.45) is 4.85. The molecule has 0 rings (SSSR count). The van der Waals surface area contributed by atoms with E-state index in [2.05, 4.69) is 74.4 Å². The van der Waals surface area contributed by atoms with Crippen molar-refractivity contribution in [3.8, 4) is 0 Å². The molecule has 15 amide bonds. The van der Waals surface area contributed by atoms with Crippen molar-refractivity contribution in [3.63, 3.8) is 0 Å². The van der Waals surface area contributed by atoms with Crippen LogP contribution < -0.4 is 115 Å². The number of amides is 15. The molecule has 0 fully saturated rings. The Morgan fingerprint density at radius 3 is 0.426 bits per heavy atom. The lowest BCUT2D eigenvalue weighted by atomic mass is 9.98. The van der Waals surface area contributed by atoms with Gasteiger partial charge in [0.25, 0.3) is 0 Å². The number of hydrogen-bond donors (Lipinski definition) is 22. The molecule has 0 radical (unpaired) electrons. The van der Waals surface area contributed by atoms with Gasteiger partial charge in [0.05, 0.1) is 0 Å². The average Bonchev–Trinajstić information content (AvgIpc) is 0.856. The number of carbonyl (C=O) groups is 15. The summed E-state index contributed by atoms with van der Waals surface area (Å²) < 4.78 is 0. The molecule has 0 saturated carbocycles. The fourth-order valence-electron chi connectivity index (χ4n) is 13.9. The maximum atomic E-state index is 14.9. The van der Waals surface area contributed by atoms with Crippen LogP contribution in [0, 0.1) is 47.3 Å². The summed E-state index contributed by atoms with van der Waals surface area (Å²) in [5.41, 5.74) is 40.9. The van der Waals surface area contributed by atoms with E-state index in [0.29, 0.717) is 90.1 Å². The Morgan fingerprint density at radius 1 is 0.189 bits per heavy atom. The quantitative estimate of drug-likeness (QED) is 0.0384. The van der Waals surface area contributed by atoms with Gasteiger partial charge < -0.3 is 120 Å². The molecule has 37 heteroatoms. The molecule has 14 atom stereocenters. The first-order valence-corrected chi connectivity index (χ1v) is 44.8. The van der Waals surface area contributed by atoms with Gasteiger partial charge in [0, 0.05) is 0 Å². The molecular weight excluding hydrogens is 1570 g/mol. The Kier molecular flexibility index (Phi) is 59.1. The summed E-state index contributed by atoms with van der Waals surface area (Å²) in [6, 6.07) is -17.4. The lowest BCUT2D eigenvalue weighted by molar-refractivity contribution is -0.137. The maximum Gasteiger partial charge on any atom is 0.405 e. The van der Waals surface area contributed by atoms with Crippen molar-refractivity contribution in [2.45, 2.75) is 362 Å². The molecule has 0 aliphatic carbocycles. The van der Waals surface area contributed by atoms with E-state index in [1.807, 2.05) is 111 Å². The van der Waals surface area contributed by atoms with Gasteiger partial charge in [-0.25, -0.2) is 4.79 Å². The minimum atomic E-state index is -1.43. The van der Waals surface area contributed by atoms with Crippen LogP contribution in [0.15, 0.2) is 0 Å². The van der Waals surface area contributed by atoms with Gasteiger partial charge in [0.15, 0.2) is 0 Å². The second kappa shape index (κ2) is 63.5. The summed E-state index contributed by atoms with van der Waals surface area (Å²) in [4.78, 5) is 213. The lowest BCUT2D eigenvalue weighted by Gasteiger charge is -2.30. The molecule has 0 bridgehead atoms. The van der Waals surface area contributed by atoms with Crippen molar-refractivity contribution in [1.82, 2.24) is 74.4 Å². The van der Waals surface area contributed by atoms with E-state index < -0.39 is 173 Å². The third-order valence-corrected chi connectivity index (χ3v) is 20.2. The van der Waals surface area contributed by atoms with Crippen molar-refractivity contribution in [2.24, 2.45) is 87.5 Å². The van der Waals surface area contributed by atoms with Crippen LogP contribution in [0.3, 0.4) is 0 Å². The van der Waals surface area contributed by atoms with E-state index in [9.17, 15) is 77.0 Å². The van der Waals surface area contributed by atoms with Crippen LogP contribution in [0.25, 0.3) is 0 Å². The number of unbranched alkanes of at least 4 members (excludes halogenated alkanes) is 6. The molecule has 29 N–H and O–H groups in total. The first kappa shape index (κ1) is 114. The van der Waals surface area contributed by atoms with Crippen molar-refractivity contribution < 1.29 is 77.0 Å². The lowest BCUT2D eigenvalue weighted by Crippen LogP contribution is -2.61. The van der Waals surface area contributed by atoms with E-state index in [4.69, 9.17) is 40.1 Å². The first-order chi connectivity index (χ1) is 57.4. The third kappa shape index (κ3) is 49.8. The number of rotatable bonds is 68. The molecule has 0 unspecified atom stereocenters. The number of primary amides is 1. The number of carbonyl (C=O) groups excluding carboxylic acids is 14. The molecule has 122 heavy (non-hydrogen) atoms. The van der Waals surface area contributed by atoms with Gasteiger partial charge in [-0.3, -0.25) is 67.1 Å². The Labute approximate surface area is 726 Å².